The quantitative estimate of drug-likeness (QED) is 0.341. The molecule has 0 saturated carbocycles. The van der Waals surface area contributed by atoms with E-state index in [1.165, 1.54) is 0 Å². The molecule has 1 aliphatic carbocycles. The number of aromatic nitrogens is 4. The zero-order valence-electron chi connectivity index (χ0n) is 30.8. The second-order valence-corrected chi connectivity index (χ2v) is 15.1. The second kappa shape index (κ2) is 15.1. The highest BCUT2D eigenvalue weighted by molar-refractivity contribution is 5.95. The van der Waals surface area contributed by atoms with Crippen LogP contribution >= 0.6 is 0 Å². The van der Waals surface area contributed by atoms with Crippen molar-refractivity contribution in [2.24, 2.45) is 0 Å². The van der Waals surface area contributed by atoms with Crippen LogP contribution in [0, 0.1) is 11.3 Å². The van der Waals surface area contributed by atoms with E-state index in [1.807, 2.05) is 21.9 Å². The van der Waals surface area contributed by atoms with Crippen molar-refractivity contribution in [1.82, 2.24) is 50.4 Å². The van der Waals surface area contributed by atoms with Gasteiger partial charge in [0.1, 0.15) is 6.04 Å². The Morgan fingerprint density at radius 1 is 0.923 bits per heavy atom. The number of hydrogen-bond acceptors (Lipinski definition) is 10. The molecule has 2 amide bonds. The molecule has 0 spiro atoms. The van der Waals surface area contributed by atoms with Crippen molar-refractivity contribution >= 4 is 11.8 Å². The number of amides is 2. The number of aryl methyl sites for hydroxylation is 2. The maximum Gasteiger partial charge on any atom is 0.253 e. The highest BCUT2D eigenvalue weighted by Gasteiger charge is 2.45. The first-order chi connectivity index (χ1) is 25.2. The average molecular weight is 706 g/mol. The number of hydrogen-bond donors (Lipinski definition) is 2. The van der Waals surface area contributed by atoms with Crippen LogP contribution in [0.25, 0.3) is 0 Å². The summed E-state index contributed by atoms with van der Waals surface area (Å²) in [5.41, 5.74) is 5.72. The van der Waals surface area contributed by atoms with Gasteiger partial charge < -0.3 is 29.8 Å². The first kappa shape index (κ1) is 35.7. The molecule has 1 aromatic heterocycles. The van der Waals surface area contributed by atoms with E-state index in [0.717, 1.165) is 73.5 Å². The van der Waals surface area contributed by atoms with Gasteiger partial charge in [-0.3, -0.25) is 9.59 Å². The predicted octanol–water partition coefficient (Wildman–Crippen LogP) is 2.28. The lowest BCUT2D eigenvalue weighted by Crippen LogP contribution is -2.47. The van der Waals surface area contributed by atoms with Gasteiger partial charge >= 0.3 is 0 Å². The first-order valence-corrected chi connectivity index (χ1v) is 18.7. The van der Waals surface area contributed by atoms with Crippen LogP contribution < -0.4 is 5.32 Å². The molecule has 13 heteroatoms. The third-order valence-corrected chi connectivity index (χ3v) is 11.7. The molecule has 7 rings (SSSR count). The summed E-state index contributed by atoms with van der Waals surface area (Å²) in [5.74, 6) is 0.719. The van der Waals surface area contributed by atoms with Gasteiger partial charge in [0.25, 0.3) is 11.8 Å². The van der Waals surface area contributed by atoms with E-state index >= 15 is 0 Å². The molecule has 13 nitrogen and oxygen atoms in total. The summed E-state index contributed by atoms with van der Waals surface area (Å²) in [4.78, 5) is 38.2. The van der Waals surface area contributed by atoms with E-state index in [-0.39, 0.29) is 23.9 Å². The smallest absolute Gasteiger partial charge is 0.253 e. The Hall–Kier alpha value is -4.64. The Balaban J connectivity index is 1.27. The summed E-state index contributed by atoms with van der Waals surface area (Å²) in [7, 11) is 4.18. The lowest BCUT2D eigenvalue weighted by molar-refractivity contribution is 0.0657. The summed E-state index contributed by atoms with van der Waals surface area (Å²) < 4.78 is 0. The molecular weight excluding hydrogens is 655 g/mol. The molecule has 3 saturated heterocycles. The van der Waals surface area contributed by atoms with Gasteiger partial charge in [0.05, 0.1) is 11.5 Å². The number of piperazine rings is 2. The molecule has 4 aliphatic rings. The molecule has 3 aromatic rings. The summed E-state index contributed by atoms with van der Waals surface area (Å²) in [6.45, 7) is 14.1. The van der Waals surface area contributed by atoms with E-state index in [0.29, 0.717) is 68.9 Å². The first-order valence-electron chi connectivity index (χ1n) is 18.7. The molecule has 3 aliphatic heterocycles. The SMILES string of the molecule is C=C(CN[C@@H](C)CC1(c2nnn[nH]2)c2ccc(C(=O)N3CCN(C)CC3)cc2CCc2cc(C(=O)N3CCN(C)CC3)ccc21)N1CCCC1C#N. The van der Waals surface area contributed by atoms with Gasteiger partial charge in [0.15, 0.2) is 5.82 Å². The molecule has 2 atom stereocenters. The Kier molecular flexibility index (Phi) is 10.4. The predicted molar refractivity (Wildman–Crippen MR) is 198 cm³/mol. The number of aromatic amines is 1. The number of H-pyrrole nitrogens is 1. The van der Waals surface area contributed by atoms with Crippen LogP contribution in [-0.2, 0) is 18.3 Å². The number of fused-ring (bicyclic) bond motifs is 2. The van der Waals surface area contributed by atoms with Crippen LogP contribution in [0.4, 0.5) is 0 Å². The minimum absolute atomic E-state index is 0.0397. The van der Waals surface area contributed by atoms with Gasteiger partial charge in [0.2, 0.25) is 0 Å². The fourth-order valence-corrected chi connectivity index (χ4v) is 8.61. The number of nitrogens with one attached hydrogen (secondary N) is 2. The van der Waals surface area contributed by atoms with Crippen molar-refractivity contribution in [3.8, 4) is 6.07 Å². The Labute approximate surface area is 306 Å². The minimum atomic E-state index is -0.813. The van der Waals surface area contributed by atoms with Gasteiger partial charge in [-0.15, -0.1) is 5.10 Å². The zero-order chi connectivity index (χ0) is 36.4. The molecule has 2 N–H and O–H groups in total. The monoisotopic (exact) mass is 705 g/mol. The molecule has 52 heavy (non-hydrogen) atoms. The minimum Gasteiger partial charge on any atom is -0.358 e. The van der Waals surface area contributed by atoms with Crippen LogP contribution in [0.2, 0.25) is 0 Å². The zero-order valence-corrected chi connectivity index (χ0v) is 30.8. The van der Waals surface area contributed by atoms with E-state index < -0.39 is 5.41 Å². The van der Waals surface area contributed by atoms with Crippen molar-refractivity contribution in [2.45, 2.75) is 56.5 Å². The van der Waals surface area contributed by atoms with Gasteiger partial charge in [-0.1, -0.05) is 18.7 Å². The van der Waals surface area contributed by atoms with Crippen LogP contribution in [0.3, 0.4) is 0 Å². The number of carbonyl (C=O) groups excluding carboxylic acids is 2. The average Bonchev–Trinajstić information content (AvgIpc) is 3.87. The molecule has 0 radical (unpaired) electrons. The number of carbonyl (C=O) groups is 2. The Morgan fingerprint density at radius 3 is 1.98 bits per heavy atom. The molecule has 274 valence electrons. The summed E-state index contributed by atoms with van der Waals surface area (Å²) in [6, 6.07) is 14.5. The topological polar surface area (TPSA) is 141 Å². The number of benzene rings is 2. The van der Waals surface area contributed by atoms with E-state index in [2.05, 4.69) is 98.6 Å². The van der Waals surface area contributed by atoms with Crippen LogP contribution in [0.5, 0.6) is 0 Å². The Morgan fingerprint density at radius 2 is 1.48 bits per heavy atom. The molecule has 4 heterocycles. The highest BCUT2D eigenvalue weighted by atomic mass is 16.2. The van der Waals surface area contributed by atoms with Crippen molar-refractivity contribution in [3.05, 3.63) is 87.9 Å². The molecule has 3 fully saturated rings. The highest BCUT2D eigenvalue weighted by Crippen LogP contribution is 2.47. The lowest BCUT2D eigenvalue weighted by atomic mass is 9.67. The summed E-state index contributed by atoms with van der Waals surface area (Å²) in [5, 5.41) is 29.3. The largest absolute Gasteiger partial charge is 0.358 e. The molecular formula is C39H51N11O2. The number of nitrogens with zero attached hydrogens (tertiary/aromatic N) is 9. The van der Waals surface area contributed by atoms with Crippen molar-refractivity contribution in [2.75, 3.05) is 79.5 Å². The third kappa shape index (κ3) is 6.95. The molecule has 2 aromatic carbocycles. The van der Waals surface area contributed by atoms with E-state index in [9.17, 15) is 14.9 Å². The number of likely N-dealkylation sites (N-methyl/N-ethyl adjacent to an activating group) is 2. The number of likely N-dealkylation sites (tertiary alicyclic amines) is 1. The van der Waals surface area contributed by atoms with Crippen LogP contribution in [-0.4, -0.2) is 149 Å². The standard InChI is InChI=1S/C39H51N11O2/c1-27(41-26-28(2)50-13-5-6-33(50)25-40)24-39(38-42-44-45-43-38)34-11-9-31(36(51)48-18-14-46(3)15-19-48)22-29(34)7-8-30-23-32(10-12-35(30)39)37(52)49-20-16-47(4)17-21-49/h9-12,22-23,27,33,41H,2,5-8,13-21,24,26H2,1,3-4H3,(H,42,43,44,45)/t27-,33?/m0/s1. The van der Waals surface area contributed by atoms with E-state index in [1.54, 1.807) is 0 Å². The van der Waals surface area contributed by atoms with Crippen LogP contribution in [0.1, 0.15) is 75.0 Å². The maximum absolute atomic E-state index is 13.8. The van der Waals surface area contributed by atoms with Gasteiger partial charge in [-0.05, 0) is 110 Å². The third-order valence-electron chi connectivity index (χ3n) is 11.7. The Bertz CT molecular complexity index is 1730. The normalized spacial score (nSPS) is 21.2. The molecule has 0 bridgehead atoms. The maximum atomic E-state index is 13.8. The van der Waals surface area contributed by atoms with Crippen molar-refractivity contribution in [1.29, 1.82) is 5.26 Å². The summed E-state index contributed by atoms with van der Waals surface area (Å²) >= 11 is 0. The number of nitriles is 1. The fraction of sp³-hybridized carbons (Fsp3) is 0.538. The molecule has 1 unspecified atom stereocenters. The van der Waals surface area contributed by atoms with E-state index in [4.69, 9.17) is 0 Å². The van der Waals surface area contributed by atoms with Crippen LogP contribution in [0.15, 0.2) is 48.7 Å². The van der Waals surface area contributed by atoms with Crippen molar-refractivity contribution < 1.29 is 9.59 Å². The fourth-order valence-electron chi connectivity index (χ4n) is 8.61. The van der Waals surface area contributed by atoms with Crippen molar-refractivity contribution in [3.63, 3.8) is 0 Å². The lowest BCUT2D eigenvalue weighted by Gasteiger charge is -2.37. The van der Waals surface area contributed by atoms with Gasteiger partial charge in [0, 0.05) is 88.3 Å². The number of tetrazole rings is 1. The van der Waals surface area contributed by atoms with Gasteiger partial charge in [-0.25, -0.2) is 5.10 Å². The van der Waals surface area contributed by atoms with Gasteiger partial charge in [-0.2, -0.15) is 5.26 Å². The number of rotatable bonds is 9. The summed E-state index contributed by atoms with van der Waals surface area (Å²) in [6.07, 6.45) is 3.84. The second-order valence-electron chi connectivity index (χ2n) is 15.1.